The van der Waals surface area contributed by atoms with E-state index in [0.717, 1.165) is 25.3 Å². The third-order valence-corrected chi connectivity index (χ3v) is 4.77. The number of halogens is 1. The summed E-state index contributed by atoms with van der Waals surface area (Å²) in [5.41, 5.74) is 6.38. The number of sulfone groups is 1. The van der Waals surface area contributed by atoms with Gasteiger partial charge in [0.1, 0.15) is 5.82 Å². The predicted octanol–water partition coefficient (Wildman–Crippen LogP) is 1.18. The number of likely N-dealkylation sites (tertiary alicyclic amines) is 1. The Balaban J connectivity index is 2.38. The van der Waals surface area contributed by atoms with Crippen LogP contribution < -0.4 is 5.73 Å². The van der Waals surface area contributed by atoms with Crippen LogP contribution in [-0.4, -0.2) is 39.7 Å². The van der Waals surface area contributed by atoms with E-state index < -0.39 is 15.7 Å². The van der Waals surface area contributed by atoms with Gasteiger partial charge in [-0.3, -0.25) is 4.90 Å². The summed E-state index contributed by atoms with van der Waals surface area (Å²) in [7, 11) is -1.45. The van der Waals surface area contributed by atoms with Gasteiger partial charge in [-0.1, -0.05) is 0 Å². The molecule has 1 saturated heterocycles. The molecular weight excluding hydrogens is 267 g/mol. The van der Waals surface area contributed by atoms with Crippen molar-refractivity contribution >= 4 is 9.84 Å². The smallest absolute Gasteiger partial charge is 0.175 e. The van der Waals surface area contributed by atoms with Gasteiger partial charge in [0.05, 0.1) is 4.90 Å². The van der Waals surface area contributed by atoms with Crippen LogP contribution in [0.4, 0.5) is 4.39 Å². The fraction of sp³-hybridized carbons (Fsp3) is 0.538. The molecule has 0 amide bonds. The molecule has 1 aliphatic rings. The van der Waals surface area contributed by atoms with Gasteiger partial charge in [0, 0.05) is 18.8 Å². The molecule has 2 atom stereocenters. The minimum Gasteiger partial charge on any atom is -0.330 e. The number of hydrogen-bond donors (Lipinski definition) is 1. The van der Waals surface area contributed by atoms with Crippen LogP contribution in [0.25, 0.3) is 0 Å². The molecular formula is C13H19FN2O2S. The highest BCUT2D eigenvalue weighted by atomic mass is 32.2. The molecule has 6 heteroatoms. The topological polar surface area (TPSA) is 63.4 Å². The van der Waals surface area contributed by atoms with Gasteiger partial charge in [-0.2, -0.15) is 0 Å². The lowest BCUT2D eigenvalue weighted by atomic mass is 10.00. The third kappa shape index (κ3) is 3.13. The van der Waals surface area contributed by atoms with Crippen molar-refractivity contribution in [3.63, 3.8) is 0 Å². The van der Waals surface area contributed by atoms with Gasteiger partial charge in [0.25, 0.3) is 0 Å². The maximum atomic E-state index is 13.6. The monoisotopic (exact) mass is 286 g/mol. The van der Waals surface area contributed by atoms with E-state index in [4.69, 9.17) is 5.73 Å². The van der Waals surface area contributed by atoms with Crippen LogP contribution in [0.3, 0.4) is 0 Å². The van der Waals surface area contributed by atoms with Crippen molar-refractivity contribution < 1.29 is 12.8 Å². The lowest BCUT2D eigenvalue weighted by molar-refractivity contribution is 0.312. The van der Waals surface area contributed by atoms with Crippen LogP contribution in [0.1, 0.15) is 18.0 Å². The van der Waals surface area contributed by atoms with Crippen LogP contribution in [0, 0.1) is 11.7 Å². The number of benzene rings is 1. The Morgan fingerprint density at radius 1 is 1.42 bits per heavy atom. The van der Waals surface area contributed by atoms with Crippen molar-refractivity contribution in [2.24, 2.45) is 11.7 Å². The zero-order valence-electron chi connectivity index (χ0n) is 11.1. The molecule has 0 spiro atoms. The Kier molecular flexibility index (Phi) is 3.94. The van der Waals surface area contributed by atoms with E-state index >= 15 is 0 Å². The van der Waals surface area contributed by atoms with Crippen molar-refractivity contribution in [3.8, 4) is 0 Å². The summed E-state index contributed by atoms with van der Waals surface area (Å²) in [6.45, 7) is 1.45. The summed E-state index contributed by atoms with van der Waals surface area (Å²) in [5.74, 6) is -0.137. The summed E-state index contributed by atoms with van der Waals surface area (Å²) in [6.07, 6.45) is 1.92. The lowest BCUT2D eigenvalue weighted by Crippen LogP contribution is -2.20. The Morgan fingerprint density at radius 2 is 2.11 bits per heavy atom. The van der Waals surface area contributed by atoms with E-state index in [-0.39, 0.29) is 10.9 Å². The minimum absolute atomic E-state index is 0.0322. The maximum absolute atomic E-state index is 13.6. The first-order valence-electron chi connectivity index (χ1n) is 6.22. The van der Waals surface area contributed by atoms with Gasteiger partial charge in [-0.15, -0.1) is 0 Å². The molecule has 1 fully saturated rings. The Labute approximate surface area is 113 Å². The van der Waals surface area contributed by atoms with Crippen molar-refractivity contribution in [3.05, 3.63) is 29.6 Å². The molecule has 0 bridgehead atoms. The van der Waals surface area contributed by atoms with E-state index in [1.165, 1.54) is 6.07 Å². The van der Waals surface area contributed by atoms with Crippen LogP contribution in [0.2, 0.25) is 0 Å². The largest absolute Gasteiger partial charge is 0.330 e. The summed E-state index contributed by atoms with van der Waals surface area (Å²) in [6, 6.07) is 4.08. The molecule has 0 aromatic heterocycles. The fourth-order valence-electron chi connectivity index (χ4n) is 2.66. The molecule has 2 rings (SSSR count). The molecule has 1 heterocycles. The number of nitrogens with two attached hydrogens (primary N) is 1. The van der Waals surface area contributed by atoms with Gasteiger partial charge in [-0.25, -0.2) is 12.8 Å². The lowest BCUT2D eigenvalue weighted by Gasteiger charge is -2.20. The molecule has 2 N–H and O–H groups in total. The van der Waals surface area contributed by atoms with Crippen LogP contribution >= 0.6 is 0 Å². The van der Waals surface area contributed by atoms with E-state index in [1.807, 2.05) is 7.05 Å². The first-order valence-corrected chi connectivity index (χ1v) is 8.11. The van der Waals surface area contributed by atoms with Crippen molar-refractivity contribution in [2.45, 2.75) is 17.4 Å². The zero-order valence-corrected chi connectivity index (χ0v) is 12.0. The number of nitrogens with zero attached hydrogens (tertiary/aromatic N) is 1. The maximum Gasteiger partial charge on any atom is 0.175 e. The minimum atomic E-state index is -3.40. The molecule has 0 aliphatic carbocycles. The van der Waals surface area contributed by atoms with Crippen molar-refractivity contribution in [2.75, 3.05) is 26.4 Å². The van der Waals surface area contributed by atoms with Gasteiger partial charge in [-0.05, 0) is 49.7 Å². The Hall–Kier alpha value is -0.980. The highest BCUT2D eigenvalue weighted by Gasteiger charge is 2.30. The summed E-state index contributed by atoms with van der Waals surface area (Å²) < 4.78 is 36.7. The average molecular weight is 286 g/mol. The second-order valence-electron chi connectivity index (χ2n) is 5.29. The zero-order chi connectivity index (χ0) is 14.2. The van der Waals surface area contributed by atoms with Crippen molar-refractivity contribution in [1.82, 2.24) is 4.90 Å². The highest BCUT2D eigenvalue weighted by Crippen LogP contribution is 2.34. The fourth-order valence-corrected chi connectivity index (χ4v) is 3.33. The second kappa shape index (κ2) is 5.19. The van der Waals surface area contributed by atoms with E-state index in [0.29, 0.717) is 18.0 Å². The Morgan fingerprint density at radius 3 is 2.63 bits per heavy atom. The first-order chi connectivity index (χ1) is 8.81. The van der Waals surface area contributed by atoms with Gasteiger partial charge < -0.3 is 5.73 Å². The molecule has 19 heavy (non-hydrogen) atoms. The standard InChI is InChI=1S/C13H19FN2O2S/c1-16-8-9(7-15)3-13(16)10-4-11(14)6-12(5-10)19(2,17)18/h4-6,9,13H,3,7-8,15H2,1-2H3. The first kappa shape index (κ1) is 14.4. The number of hydrogen-bond acceptors (Lipinski definition) is 4. The summed E-state index contributed by atoms with van der Waals surface area (Å²) >= 11 is 0. The van der Waals surface area contributed by atoms with E-state index in [1.54, 1.807) is 6.07 Å². The molecule has 106 valence electrons. The van der Waals surface area contributed by atoms with Crippen LogP contribution in [-0.2, 0) is 9.84 Å². The quantitative estimate of drug-likeness (QED) is 0.906. The SMILES string of the molecule is CN1CC(CN)CC1c1cc(F)cc(S(C)(=O)=O)c1. The van der Waals surface area contributed by atoms with Crippen LogP contribution in [0.5, 0.6) is 0 Å². The summed E-state index contributed by atoms with van der Waals surface area (Å²) in [4.78, 5) is 2.13. The molecule has 0 saturated carbocycles. The second-order valence-corrected chi connectivity index (χ2v) is 7.30. The van der Waals surface area contributed by atoms with Gasteiger partial charge in [0.15, 0.2) is 9.84 Å². The summed E-state index contributed by atoms with van der Waals surface area (Å²) in [5, 5.41) is 0. The van der Waals surface area contributed by atoms with Gasteiger partial charge in [0.2, 0.25) is 0 Å². The average Bonchev–Trinajstić information content (AvgIpc) is 2.68. The molecule has 0 radical (unpaired) electrons. The number of rotatable bonds is 3. The molecule has 1 aliphatic heterocycles. The Bertz CT molecular complexity index is 574. The molecule has 2 unspecified atom stereocenters. The predicted molar refractivity (Wildman–Crippen MR) is 72.0 cm³/mol. The molecule has 4 nitrogen and oxygen atoms in total. The molecule has 1 aromatic rings. The normalized spacial score (nSPS) is 24.8. The molecule has 1 aromatic carbocycles. The van der Waals surface area contributed by atoms with Crippen molar-refractivity contribution in [1.29, 1.82) is 0 Å². The highest BCUT2D eigenvalue weighted by molar-refractivity contribution is 7.90. The van der Waals surface area contributed by atoms with Crippen LogP contribution in [0.15, 0.2) is 23.1 Å². The van der Waals surface area contributed by atoms with E-state index in [9.17, 15) is 12.8 Å². The van der Waals surface area contributed by atoms with Gasteiger partial charge >= 0.3 is 0 Å². The third-order valence-electron chi connectivity index (χ3n) is 3.67. The van der Waals surface area contributed by atoms with E-state index in [2.05, 4.69) is 4.90 Å².